The quantitative estimate of drug-likeness (QED) is 0.579. The second kappa shape index (κ2) is 10.9. The molecule has 4 nitrogen and oxygen atoms in total. The van der Waals surface area contributed by atoms with Gasteiger partial charge in [-0.1, -0.05) is 80.6 Å². The number of carbonyl (C=O) groups excluding carboxylic acids is 1. The van der Waals surface area contributed by atoms with Crippen molar-refractivity contribution >= 4 is 5.91 Å². The van der Waals surface area contributed by atoms with E-state index in [1.165, 1.54) is 63.5 Å². The highest BCUT2D eigenvalue weighted by atomic mass is 16.5. The van der Waals surface area contributed by atoms with Gasteiger partial charge in [0.05, 0.1) is 0 Å². The summed E-state index contributed by atoms with van der Waals surface area (Å²) in [5, 5.41) is 7.12. The topological polar surface area (TPSA) is 50.4 Å². The molecule has 1 aromatic carbocycles. The summed E-state index contributed by atoms with van der Waals surface area (Å²) >= 11 is 0. The SMILES string of the molecule is O=C(COc1ccccccccc1)NC12CC(N/C3=C/CCCCCCCCC3)(C1)C2. The predicted molar refractivity (Wildman–Crippen MR) is 130 cm³/mol. The zero-order valence-corrected chi connectivity index (χ0v) is 19.3. The van der Waals surface area contributed by atoms with Gasteiger partial charge in [0, 0.05) is 16.8 Å². The van der Waals surface area contributed by atoms with Crippen LogP contribution in [0.2, 0.25) is 0 Å². The second-order valence-electron chi connectivity index (χ2n) is 9.88. The summed E-state index contributed by atoms with van der Waals surface area (Å²) < 4.78 is 5.74. The normalized spacial score (nSPS) is 28.8. The fourth-order valence-corrected chi connectivity index (χ4v) is 5.48. The molecule has 32 heavy (non-hydrogen) atoms. The van der Waals surface area contributed by atoms with Crippen LogP contribution >= 0.6 is 0 Å². The molecule has 0 aromatic heterocycles. The summed E-state index contributed by atoms with van der Waals surface area (Å²) in [5.41, 5.74) is 1.64. The fourth-order valence-electron chi connectivity index (χ4n) is 5.48. The van der Waals surface area contributed by atoms with Gasteiger partial charge in [-0.05, 0) is 57.1 Å². The first-order valence-corrected chi connectivity index (χ1v) is 12.5. The zero-order valence-electron chi connectivity index (χ0n) is 19.3. The van der Waals surface area contributed by atoms with Crippen LogP contribution in [-0.4, -0.2) is 23.6 Å². The van der Waals surface area contributed by atoms with Crippen molar-refractivity contribution in [3.8, 4) is 5.75 Å². The Bertz CT molecular complexity index is 817. The molecule has 0 radical (unpaired) electrons. The van der Waals surface area contributed by atoms with Crippen molar-refractivity contribution in [1.82, 2.24) is 10.6 Å². The molecule has 0 unspecified atom stereocenters. The molecule has 0 atom stereocenters. The number of carbonyl (C=O) groups is 1. The molecule has 5 rings (SSSR count). The Morgan fingerprint density at radius 1 is 0.781 bits per heavy atom. The number of ether oxygens (including phenoxy) is 1. The maximum Gasteiger partial charge on any atom is 0.258 e. The van der Waals surface area contributed by atoms with E-state index >= 15 is 0 Å². The van der Waals surface area contributed by atoms with Gasteiger partial charge < -0.3 is 15.4 Å². The number of amides is 1. The molecule has 3 saturated carbocycles. The minimum absolute atomic E-state index is 0.0184. The summed E-state index contributed by atoms with van der Waals surface area (Å²) in [5.74, 6) is 0.657. The third-order valence-electron chi connectivity index (χ3n) is 6.96. The molecule has 1 amide bonds. The van der Waals surface area contributed by atoms with E-state index in [1.807, 2.05) is 54.6 Å². The van der Waals surface area contributed by atoms with Crippen LogP contribution in [0.25, 0.3) is 0 Å². The van der Waals surface area contributed by atoms with E-state index in [1.54, 1.807) is 0 Å². The van der Waals surface area contributed by atoms with Crippen molar-refractivity contribution < 1.29 is 9.53 Å². The first kappa shape index (κ1) is 22.7. The molecule has 2 bridgehead atoms. The molecule has 172 valence electrons. The lowest BCUT2D eigenvalue weighted by Crippen LogP contribution is -2.83. The standard InChI is InChI=1S/C28H38N2O2/c31-26(20-32-25-18-14-10-6-3-7-11-15-19-25)30-28-21-27(22-28,23-28)29-24-16-12-8-4-1-2-5-9-13-17-24/h3,6-7,10-11,14-16,18-19,29H,1-2,4-5,8-9,12-13,17,20-23H2,(H,30,31)/b6-3?,7-3?,10-6?,11-7?,14-10?,15-11?,18-14?,19-15?,24-16+,25-18?,25-19?. The Kier molecular flexibility index (Phi) is 7.72. The zero-order chi connectivity index (χ0) is 22.1. The second-order valence-corrected chi connectivity index (χ2v) is 9.88. The summed E-state index contributed by atoms with van der Waals surface area (Å²) in [4.78, 5) is 12.5. The van der Waals surface area contributed by atoms with Crippen molar-refractivity contribution in [2.75, 3.05) is 6.61 Å². The Morgan fingerprint density at radius 3 is 2.06 bits per heavy atom. The van der Waals surface area contributed by atoms with Gasteiger partial charge in [0.15, 0.2) is 6.61 Å². The van der Waals surface area contributed by atoms with Crippen molar-refractivity contribution in [2.45, 2.75) is 88.1 Å². The van der Waals surface area contributed by atoms with Crippen LogP contribution in [-0.2, 0) is 4.79 Å². The van der Waals surface area contributed by atoms with Crippen LogP contribution in [0.15, 0.2) is 66.4 Å². The van der Waals surface area contributed by atoms with E-state index in [0.717, 1.165) is 19.3 Å². The summed E-state index contributed by atoms with van der Waals surface area (Å²) in [6.07, 6.45) is 17.4. The van der Waals surface area contributed by atoms with Crippen LogP contribution in [0.5, 0.6) is 5.75 Å². The summed E-state index contributed by atoms with van der Waals surface area (Å²) in [7, 11) is 0. The van der Waals surface area contributed by atoms with Crippen LogP contribution in [0.4, 0.5) is 0 Å². The van der Waals surface area contributed by atoms with E-state index in [9.17, 15) is 4.79 Å². The van der Waals surface area contributed by atoms with Crippen LogP contribution in [0, 0.1) is 0 Å². The van der Waals surface area contributed by atoms with E-state index < -0.39 is 0 Å². The number of nitrogens with one attached hydrogen (secondary N) is 2. The molecule has 1 aromatic rings. The minimum Gasteiger partial charge on any atom is -0.484 e. The third-order valence-corrected chi connectivity index (χ3v) is 6.96. The van der Waals surface area contributed by atoms with Gasteiger partial charge in [-0.25, -0.2) is 0 Å². The van der Waals surface area contributed by atoms with Gasteiger partial charge in [0.2, 0.25) is 0 Å². The van der Waals surface area contributed by atoms with Crippen LogP contribution < -0.4 is 15.4 Å². The lowest BCUT2D eigenvalue weighted by Gasteiger charge is -2.71. The average Bonchev–Trinajstić information content (AvgIpc) is 2.80. The van der Waals surface area contributed by atoms with Crippen LogP contribution in [0.3, 0.4) is 0 Å². The maximum atomic E-state index is 12.5. The van der Waals surface area contributed by atoms with Crippen molar-refractivity contribution in [3.63, 3.8) is 0 Å². The van der Waals surface area contributed by atoms with Crippen molar-refractivity contribution in [1.29, 1.82) is 0 Å². The Hall–Kier alpha value is -2.49. The molecule has 2 N–H and O–H groups in total. The molecule has 3 fully saturated rings. The smallest absolute Gasteiger partial charge is 0.258 e. The van der Waals surface area contributed by atoms with Gasteiger partial charge in [-0.15, -0.1) is 0 Å². The lowest BCUT2D eigenvalue weighted by molar-refractivity contribution is -0.141. The molecule has 0 spiro atoms. The Balaban J connectivity index is 1.22. The van der Waals surface area contributed by atoms with Crippen molar-refractivity contribution in [3.05, 3.63) is 66.4 Å². The van der Waals surface area contributed by atoms with E-state index in [2.05, 4.69) is 16.7 Å². The number of rotatable bonds is 6. The maximum absolute atomic E-state index is 12.5. The third kappa shape index (κ3) is 6.27. The average molecular weight is 435 g/mol. The van der Waals surface area contributed by atoms with E-state index in [0.29, 0.717) is 5.75 Å². The van der Waals surface area contributed by atoms with Gasteiger partial charge in [0.1, 0.15) is 5.75 Å². The van der Waals surface area contributed by atoms with Gasteiger partial charge >= 0.3 is 0 Å². The molecule has 4 heteroatoms. The molecule has 4 aliphatic rings. The highest BCUT2D eigenvalue weighted by molar-refractivity contribution is 5.79. The lowest BCUT2D eigenvalue weighted by atomic mass is 9.44. The van der Waals surface area contributed by atoms with Gasteiger partial charge in [-0.2, -0.15) is 0 Å². The largest absolute Gasteiger partial charge is 0.484 e. The first-order chi connectivity index (χ1) is 15.7. The predicted octanol–water partition coefficient (Wildman–Crippen LogP) is 5.98. The Morgan fingerprint density at radius 2 is 1.38 bits per heavy atom. The summed E-state index contributed by atoms with van der Waals surface area (Å²) in [6.45, 7) is 0.0525. The molecular formula is C28H38N2O2. The number of allylic oxidation sites excluding steroid dienone is 2. The minimum atomic E-state index is -0.0294. The molecule has 0 aliphatic heterocycles. The highest BCUT2D eigenvalue weighted by Crippen LogP contribution is 2.60. The molecule has 4 aliphatic carbocycles. The van der Waals surface area contributed by atoms with E-state index in [-0.39, 0.29) is 23.6 Å². The number of hydrogen-bond donors (Lipinski definition) is 2. The summed E-state index contributed by atoms with van der Waals surface area (Å²) in [6, 6.07) is 17.4. The Labute approximate surface area is 193 Å². The molecule has 0 heterocycles. The monoisotopic (exact) mass is 434 g/mol. The van der Waals surface area contributed by atoms with Crippen LogP contribution in [0.1, 0.15) is 77.0 Å². The van der Waals surface area contributed by atoms with Gasteiger partial charge in [0.25, 0.3) is 5.91 Å². The number of hydrogen-bond acceptors (Lipinski definition) is 3. The molecule has 0 saturated heterocycles. The van der Waals surface area contributed by atoms with Crippen molar-refractivity contribution in [2.24, 2.45) is 0 Å². The first-order valence-electron chi connectivity index (χ1n) is 12.5. The van der Waals surface area contributed by atoms with Gasteiger partial charge in [-0.3, -0.25) is 4.79 Å². The molecular weight excluding hydrogens is 396 g/mol. The van der Waals surface area contributed by atoms with E-state index in [4.69, 9.17) is 4.74 Å². The highest BCUT2D eigenvalue weighted by Gasteiger charge is 2.68. The fraction of sp³-hybridized carbons (Fsp3) is 0.536.